The van der Waals surface area contributed by atoms with Crippen molar-refractivity contribution in [1.29, 1.82) is 0 Å². The van der Waals surface area contributed by atoms with Gasteiger partial charge in [0.15, 0.2) is 5.82 Å². The molecule has 3 aromatic rings. The second kappa shape index (κ2) is 6.57. The minimum absolute atomic E-state index is 0.0226. The van der Waals surface area contributed by atoms with Gasteiger partial charge in [-0.05, 0) is 49.6 Å². The molecule has 0 aliphatic heterocycles. The summed E-state index contributed by atoms with van der Waals surface area (Å²) in [6.45, 7) is 1.86. The van der Waals surface area contributed by atoms with Crippen LogP contribution < -0.4 is 5.32 Å². The molecule has 1 amide bonds. The molecular formula is C20H19ClN4O. The summed E-state index contributed by atoms with van der Waals surface area (Å²) in [6.07, 6.45) is 2.74. The lowest BCUT2D eigenvalue weighted by Gasteiger charge is -2.40. The molecule has 0 bridgehead atoms. The van der Waals surface area contributed by atoms with Crippen molar-refractivity contribution >= 4 is 23.2 Å². The fourth-order valence-electron chi connectivity index (χ4n) is 3.40. The van der Waals surface area contributed by atoms with Gasteiger partial charge in [0.25, 0.3) is 0 Å². The second-order valence-electron chi connectivity index (χ2n) is 6.72. The highest BCUT2D eigenvalue weighted by atomic mass is 35.5. The topological polar surface area (TPSA) is 70.7 Å². The summed E-state index contributed by atoms with van der Waals surface area (Å²) < 4.78 is 0. The predicted molar refractivity (Wildman–Crippen MR) is 102 cm³/mol. The highest BCUT2D eigenvalue weighted by Gasteiger charge is 2.45. The number of aromatic nitrogens is 3. The average Bonchev–Trinajstić information content (AvgIpc) is 3.02. The van der Waals surface area contributed by atoms with Crippen molar-refractivity contribution in [2.24, 2.45) is 0 Å². The molecule has 1 aliphatic carbocycles. The third-order valence-corrected chi connectivity index (χ3v) is 5.27. The van der Waals surface area contributed by atoms with Crippen molar-refractivity contribution in [1.82, 2.24) is 15.2 Å². The number of nitrogens with one attached hydrogen (secondary N) is 2. The lowest BCUT2D eigenvalue weighted by Crippen LogP contribution is -2.46. The van der Waals surface area contributed by atoms with E-state index in [1.54, 1.807) is 0 Å². The van der Waals surface area contributed by atoms with Gasteiger partial charge in [-0.2, -0.15) is 5.10 Å². The van der Waals surface area contributed by atoms with E-state index in [1.165, 1.54) is 0 Å². The van der Waals surface area contributed by atoms with Gasteiger partial charge in [-0.1, -0.05) is 42.3 Å². The van der Waals surface area contributed by atoms with Crippen LogP contribution in [0.15, 0.2) is 48.5 Å². The first-order valence-corrected chi connectivity index (χ1v) is 9.02. The van der Waals surface area contributed by atoms with Crippen molar-refractivity contribution < 1.29 is 4.79 Å². The van der Waals surface area contributed by atoms with Crippen LogP contribution in [0.5, 0.6) is 0 Å². The minimum Gasteiger partial charge on any atom is -0.325 e. The number of aryl methyl sites for hydroxylation is 1. The SMILES string of the molecule is Cc1nc(-c2cccc(NC(=O)C3(c4ccc(Cl)cc4)CCC3)c2)n[nH]1. The Kier molecular flexibility index (Phi) is 4.24. The first kappa shape index (κ1) is 16.8. The van der Waals surface area contributed by atoms with Crippen molar-refractivity contribution in [2.45, 2.75) is 31.6 Å². The number of carbonyl (C=O) groups is 1. The third-order valence-electron chi connectivity index (χ3n) is 5.01. The number of amides is 1. The Morgan fingerprint density at radius 3 is 2.58 bits per heavy atom. The molecule has 2 N–H and O–H groups in total. The van der Waals surface area contributed by atoms with Gasteiger partial charge in [-0.25, -0.2) is 4.98 Å². The van der Waals surface area contributed by atoms with Gasteiger partial charge < -0.3 is 5.32 Å². The molecular weight excluding hydrogens is 348 g/mol. The summed E-state index contributed by atoms with van der Waals surface area (Å²) in [5.41, 5.74) is 2.16. The van der Waals surface area contributed by atoms with Gasteiger partial charge in [-0.15, -0.1) is 0 Å². The van der Waals surface area contributed by atoms with E-state index < -0.39 is 5.41 Å². The van der Waals surface area contributed by atoms with Crippen molar-refractivity contribution in [3.05, 3.63) is 64.9 Å². The zero-order valence-electron chi connectivity index (χ0n) is 14.4. The van der Waals surface area contributed by atoms with E-state index >= 15 is 0 Å². The maximum atomic E-state index is 13.1. The van der Waals surface area contributed by atoms with E-state index in [1.807, 2.05) is 55.5 Å². The largest absolute Gasteiger partial charge is 0.325 e. The maximum Gasteiger partial charge on any atom is 0.235 e. The number of halogens is 1. The van der Waals surface area contributed by atoms with Crippen LogP contribution in [-0.4, -0.2) is 21.1 Å². The summed E-state index contributed by atoms with van der Waals surface area (Å²) in [4.78, 5) is 17.4. The molecule has 132 valence electrons. The molecule has 26 heavy (non-hydrogen) atoms. The monoisotopic (exact) mass is 366 g/mol. The zero-order chi connectivity index (χ0) is 18.1. The van der Waals surface area contributed by atoms with Crippen LogP contribution in [0.25, 0.3) is 11.4 Å². The normalized spacial score (nSPS) is 15.3. The van der Waals surface area contributed by atoms with E-state index in [0.717, 1.165) is 41.9 Å². The molecule has 0 radical (unpaired) electrons. The maximum absolute atomic E-state index is 13.1. The number of rotatable bonds is 4. The molecule has 0 spiro atoms. The molecule has 1 fully saturated rings. The van der Waals surface area contributed by atoms with Crippen LogP contribution >= 0.6 is 11.6 Å². The summed E-state index contributed by atoms with van der Waals surface area (Å²) in [5, 5.41) is 10.8. The standard InChI is InChI=1S/C20H19ClN4O/c1-13-22-18(25-24-13)14-4-2-5-17(12-14)23-19(26)20(10-3-11-20)15-6-8-16(21)9-7-15/h2,4-9,12H,3,10-11H2,1H3,(H,23,26)(H,22,24,25). The van der Waals surface area contributed by atoms with Crippen molar-refractivity contribution in [2.75, 3.05) is 5.32 Å². The molecule has 6 heteroatoms. The molecule has 0 saturated heterocycles. The summed E-state index contributed by atoms with van der Waals surface area (Å²) >= 11 is 5.99. The molecule has 0 unspecified atom stereocenters. The number of hydrogen-bond acceptors (Lipinski definition) is 3. The van der Waals surface area contributed by atoms with E-state index in [4.69, 9.17) is 11.6 Å². The Balaban J connectivity index is 1.58. The molecule has 1 heterocycles. The van der Waals surface area contributed by atoms with Crippen LogP contribution in [0, 0.1) is 6.92 Å². The molecule has 5 nitrogen and oxygen atoms in total. The van der Waals surface area contributed by atoms with E-state index in [0.29, 0.717) is 10.8 Å². The first-order chi connectivity index (χ1) is 12.6. The van der Waals surface area contributed by atoms with E-state index in [9.17, 15) is 4.79 Å². The molecule has 1 saturated carbocycles. The lowest BCUT2D eigenvalue weighted by atomic mass is 9.64. The van der Waals surface area contributed by atoms with E-state index in [2.05, 4.69) is 20.5 Å². The van der Waals surface area contributed by atoms with Gasteiger partial charge in [-0.3, -0.25) is 9.89 Å². The number of hydrogen-bond donors (Lipinski definition) is 2. The number of H-pyrrole nitrogens is 1. The highest BCUT2D eigenvalue weighted by molar-refractivity contribution is 6.30. The Bertz CT molecular complexity index is 944. The van der Waals surface area contributed by atoms with Gasteiger partial charge >= 0.3 is 0 Å². The van der Waals surface area contributed by atoms with Crippen LogP contribution in [-0.2, 0) is 10.2 Å². The number of benzene rings is 2. The predicted octanol–water partition coefficient (Wildman–Crippen LogP) is 4.49. The zero-order valence-corrected chi connectivity index (χ0v) is 15.2. The Morgan fingerprint density at radius 1 is 1.19 bits per heavy atom. The van der Waals surface area contributed by atoms with Crippen LogP contribution in [0.3, 0.4) is 0 Å². The number of carbonyl (C=O) groups excluding carboxylic acids is 1. The van der Waals surface area contributed by atoms with Crippen LogP contribution in [0.2, 0.25) is 5.02 Å². The fourth-order valence-corrected chi connectivity index (χ4v) is 3.53. The molecule has 2 aromatic carbocycles. The van der Waals surface area contributed by atoms with E-state index in [-0.39, 0.29) is 5.91 Å². The first-order valence-electron chi connectivity index (χ1n) is 8.64. The molecule has 1 aliphatic rings. The number of nitrogens with zero attached hydrogens (tertiary/aromatic N) is 2. The number of anilines is 1. The summed E-state index contributed by atoms with van der Waals surface area (Å²) in [6, 6.07) is 15.2. The number of aromatic amines is 1. The fraction of sp³-hybridized carbons (Fsp3) is 0.250. The highest BCUT2D eigenvalue weighted by Crippen LogP contribution is 2.45. The molecule has 0 atom stereocenters. The molecule has 1 aromatic heterocycles. The van der Waals surface area contributed by atoms with Gasteiger partial charge in [0.2, 0.25) is 5.91 Å². The van der Waals surface area contributed by atoms with Crippen molar-refractivity contribution in [3.8, 4) is 11.4 Å². The van der Waals surface area contributed by atoms with Gasteiger partial charge in [0.1, 0.15) is 5.82 Å². The Labute approximate surface area is 156 Å². The van der Waals surface area contributed by atoms with Crippen molar-refractivity contribution in [3.63, 3.8) is 0 Å². The third kappa shape index (κ3) is 2.99. The lowest BCUT2D eigenvalue weighted by molar-refractivity contribution is -0.124. The summed E-state index contributed by atoms with van der Waals surface area (Å²) in [5.74, 6) is 1.40. The quantitative estimate of drug-likeness (QED) is 0.714. The van der Waals surface area contributed by atoms with Crippen LogP contribution in [0.1, 0.15) is 30.7 Å². The minimum atomic E-state index is -0.470. The molecule has 4 rings (SSSR count). The Morgan fingerprint density at radius 2 is 1.96 bits per heavy atom. The van der Waals surface area contributed by atoms with Gasteiger partial charge in [0.05, 0.1) is 5.41 Å². The smallest absolute Gasteiger partial charge is 0.235 e. The Hall–Kier alpha value is -2.66. The average molecular weight is 367 g/mol. The second-order valence-corrected chi connectivity index (χ2v) is 7.16. The summed E-state index contributed by atoms with van der Waals surface area (Å²) in [7, 11) is 0. The van der Waals surface area contributed by atoms with Gasteiger partial charge in [0, 0.05) is 16.3 Å². The van der Waals surface area contributed by atoms with Crippen LogP contribution in [0.4, 0.5) is 5.69 Å².